The van der Waals surface area contributed by atoms with Crippen molar-refractivity contribution in [3.63, 3.8) is 0 Å². The summed E-state index contributed by atoms with van der Waals surface area (Å²) >= 11 is 5.80. The quantitative estimate of drug-likeness (QED) is 0.713. The smallest absolute Gasteiger partial charge is 0.260 e. The van der Waals surface area contributed by atoms with Crippen molar-refractivity contribution in [3.8, 4) is 5.75 Å². The van der Waals surface area contributed by atoms with E-state index in [0.29, 0.717) is 23.9 Å². The number of benzene rings is 1. The minimum atomic E-state index is -0.529. The fourth-order valence-corrected chi connectivity index (χ4v) is 1.96. The first-order valence-corrected chi connectivity index (χ1v) is 7.80. The molecule has 1 saturated carbocycles. The van der Waals surface area contributed by atoms with Gasteiger partial charge in [-0.25, -0.2) is 0 Å². The zero-order valence-electron chi connectivity index (χ0n) is 12.3. The molecule has 116 valence electrons. The molecular formula is C16H22ClNO3. The van der Waals surface area contributed by atoms with E-state index in [1.807, 2.05) is 0 Å². The highest BCUT2D eigenvalue weighted by atomic mass is 35.5. The van der Waals surface area contributed by atoms with Gasteiger partial charge in [0.25, 0.3) is 5.91 Å². The van der Waals surface area contributed by atoms with Crippen LogP contribution in [0.25, 0.3) is 0 Å². The van der Waals surface area contributed by atoms with Crippen molar-refractivity contribution in [1.82, 2.24) is 5.32 Å². The number of hydrogen-bond acceptors (Lipinski definition) is 3. The maximum atomic E-state index is 11.9. The lowest BCUT2D eigenvalue weighted by atomic mass is 10.3. The van der Waals surface area contributed by atoms with Gasteiger partial charge in [0.05, 0.1) is 0 Å². The summed E-state index contributed by atoms with van der Waals surface area (Å²) in [6.45, 7) is 3.90. The van der Waals surface area contributed by atoms with E-state index < -0.39 is 6.10 Å². The lowest BCUT2D eigenvalue weighted by Crippen LogP contribution is -2.37. The van der Waals surface area contributed by atoms with E-state index in [-0.39, 0.29) is 5.91 Å². The van der Waals surface area contributed by atoms with Crippen LogP contribution in [0.4, 0.5) is 0 Å². The van der Waals surface area contributed by atoms with Crippen molar-refractivity contribution < 1.29 is 14.3 Å². The SMILES string of the molecule is CC(Oc1ccc(Cl)cc1)C(=O)NCCCOCC1CC1. The Balaban J connectivity index is 1.57. The monoisotopic (exact) mass is 311 g/mol. The van der Waals surface area contributed by atoms with E-state index in [4.69, 9.17) is 21.1 Å². The van der Waals surface area contributed by atoms with Crippen LogP contribution in [-0.2, 0) is 9.53 Å². The molecule has 0 heterocycles. The number of rotatable bonds is 9. The molecule has 0 aromatic heterocycles. The van der Waals surface area contributed by atoms with Crippen LogP contribution in [0.1, 0.15) is 26.2 Å². The number of amides is 1. The summed E-state index contributed by atoms with van der Waals surface area (Å²) in [4.78, 5) is 11.9. The molecule has 1 atom stereocenters. The van der Waals surface area contributed by atoms with Crippen LogP contribution >= 0.6 is 11.6 Å². The first-order chi connectivity index (χ1) is 10.1. The molecule has 1 unspecified atom stereocenters. The lowest BCUT2D eigenvalue weighted by Gasteiger charge is -2.14. The minimum Gasteiger partial charge on any atom is -0.481 e. The van der Waals surface area contributed by atoms with Gasteiger partial charge in [-0.2, -0.15) is 0 Å². The maximum Gasteiger partial charge on any atom is 0.260 e. The van der Waals surface area contributed by atoms with Crippen molar-refractivity contribution >= 4 is 17.5 Å². The molecule has 0 spiro atoms. The average molecular weight is 312 g/mol. The molecule has 1 aromatic carbocycles. The van der Waals surface area contributed by atoms with Gasteiger partial charge in [-0.05, 0) is 56.4 Å². The largest absolute Gasteiger partial charge is 0.481 e. The van der Waals surface area contributed by atoms with Gasteiger partial charge in [-0.1, -0.05) is 11.6 Å². The molecular weight excluding hydrogens is 290 g/mol. The predicted octanol–water partition coefficient (Wildman–Crippen LogP) is 3.04. The minimum absolute atomic E-state index is 0.118. The van der Waals surface area contributed by atoms with Gasteiger partial charge in [0, 0.05) is 24.8 Å². The number of ether oxygens (including phenoxy) is 2. The summed E-state index contributed by atoms with van der Waals surface area (Å²) in [5.41, 5.74) is 0. The van der Waals surface area contributed by atoms with Crippen molar-refractivity contribution in [3.05, 3.63) is 29.3 Å². The van der Waals surface area contributed by atoms with E-state index >= 15 is 0 Å². The van der Waals surface area contributed by atoms with Crippen LogP contribution in [0.5, 0.6) is 5.75 Å². The van der Waals surface area contributed by atoms with E-state index in [9.17, 15) is 4.79 Å². The Hall–Kier alpha value is -1.26. The maximum absolute atomic E-state index is 11.9. The standard InChI is InChI=1S/C16H22ClNO3/c1-12(21-15-7-5-14(17)6-8-15)16(19)18-9-2-10-20-11-13-3-4-13/h5-8,12-13H,2-4,9-11H2,1H3,(H,18,19). The summed E-state index contributed by atoms with van der Waals surface area (Å²) in [5, 5.41) is 3.49. The summed E-state index contributed by atoms with van der Waals surface area (Å²) in [6, 6.07) is 6.97. The zero-order chi connectivity index (χ0) is 15.1. The fraction of sp³-hybridized carbons (Fsp3) is 0.562. The second-order valence-electron chi connectivity index (χ2n) is 5.38. The molecule has 21 heavy (non-hydrogen) atoms. The Morgan fingerprint density at radius 1 is 1.38 bits per heavy atom. The van der Waals surface area contributed by atoms with Crippen molar-refractivity contribution in [1.29, 1.82) is 0 Å². The molecule has 1 aliphatic rings. The van der Waals surface area contributed by atoms with Crippen LogP contribution < -0.4 is 10.1 Å². The average Bonchev–Trinajstić information content (AvgIpc) is 3.29. The molecule has 1 fully saturated rings. The van der Waals surface area contributed by atoms with Gasteiger partial charge in [-0.15, -0.1) is 0 Å². The summed E-state index contributed by atoms with van der Waals surface area (Å²) in [7, 11) is 0. The Labute approximate surface area is 130 Å². The number of carbonyl (C=O) groups excluding carboxylic acids is 1. The highest BCUT2D eigenvalue weighted by molar-refractivity contribution is 6.30. The number of carbonyl (C=O) groups is 1. The second-order valence-corrected chi connectivity index (χ2v) is 5.81. The molecule has 0 bridgehead atoms. The van der Waals surface area contributed by atoms with Gasteiger partial charge < -0.3 is 14.8 Å². The molecule has 1 aromatic rings. The van der Waals surface area contributed by atoms with Crippen LogP contribution in [0, 0.1) is 5.92 Å². The van der Waals surface area contributed by atoms with E-state index in [1.54, 1.807) is 31.2 Å². The Kier molecular flexibility index (Phi) is 6.33. The summed E-state index contributed by atoms with van der Waals surface area (Å²) in [6.07, 6.45) is 2.90. The first kappa shape index (κ1) is 16.1. The van der Waals surface area contributed by atoms with E-state index in [1.165, 1.54) is 12.8 Å². The van der Waals surface area contributed by atoms with Gasteiger partial charge >= 0.3 is 0 Å². The molecule has 0 saturated heterocycles. The normalized spacial score (nSPS) is 15.5. The second kappa shape index (κ2) is 8.25. The zero-order valence-corrected chi connectivity index (χ0v) is 13.1. The molecule has 1 aliphatic carbocycles. The molecule has 1 N–H and O–H groups in total. The molecule has 4 nitrogen and oxygen atoms in total. The number of nitrogens with one attached hydrogen (secondary N) is 1. The van der Waals surface area contributed by atoms with Crippen LogP contribution in [0.3, 0.4) is 0 Å². The molecule has 0 radical (unpaired) electrons. The van der Waals surface area contributed by atoms with Crippen LogP contribution in [0.2, 0.25) is 5.02 Å². The molecule has 1 amide bonds. The highest BCUT2D eigenvalue weighted by Crippen LogP contribution is 2.28. The highest BCUT2D eigenvalue weighted by Gasteiger charge is 2.20. The first-order valence-electron chi connectivity index (χ1n) is 7.43. The van der Waals surface area contributed by atoms with E-state index in [0.717, 1.165) is 18.9 Å². The van der Waals surface area contributed by atoms with Gasteiger partial charge in [-0.3, -0.25) is 4.79 Å². The van der Waals surface area contributed by atoms with Gasteiger partial charge in [0.1, 0.15) is 5.75 Å². The topological polar surface area (TPSA) is 47.6 Å². The predicted molar refractivity (Wildman–Crippen MR) is 82.7 cm³/mol. The fourth-order valence-electron chi connectivity index (χ4n) is 1.83. The Morgan fingerprint density at radius 2 is 2.10 bits per heavy atom. The molecule has 0 aliphatic heterocycles. The van der Waals surface area contributed by atoms with Gasteiger partial charge in [0.15, 0.2) is 6.10 Å². The number of hydrogen-bond donors (Lipinski definition) is 1. The molecule has 5 heteroatoms. The summed E-state index contributed by atoms with van der Waals surface area (Å²) < 4.78 is 11.1. The Morgan fingerprint density at radius 3 is 2.76 bits per heavy atom. The van der Waals surface area contributed by atoms with Gasteiger partial charge in [0.2, 0.25) is 0 Å². The third-order valence-corrected chi connectivity index (χ3v) is 3.56. The van der Waals surface area contributed by atoms with Crippen LogP contribution in [0.15, 0.2) is 24.3 Å². The van der Waals surface area contributed by atoms with Crippen molar-refractivity contribution in [2.75, 3.05) is 19.8 Å². The third kappa shape index (κ3) is 6.36. The van der Waals surface area contributed by atoms with Crippen molar-refractivity contribution in [2.45, 2.75) is 32.3 Å². The molecule has 2 rings (SSSR count). The summed E-state index contributed by atoms with van der Waals surface area (Å²) in [5.74, 6) is 1.30. The number of halogens is 1. The Bertz CT molecular complexity index is 445. The van der Waals surface area contributed by atoms with Crippen LogP contribution in [-0.4, -0.2) is 31.8 Å². The van der Waals surface area contributed by atoms with E-state index in [2.05, 4.69) is 5.32 Å². The third-order valence-electron chi connectivity index (χ3n) is 3.31. The lowest BCUT2D eigenvalue weighted by molar-refractivity contribution is -0.127. The van der Waals surface area contributed by atoms with Crippen molar-refractivity contribution in [2.24, 2.45) is 5.92 Å².